The maximum Gasteiger partial charge on any atom is 0.0406 e. The molecular weight excluding hydrogens is 242 g/mol. The molecule has 2 heteroatoms. The molecule has 0 bridgehead atoms. The van der Waals surface area contributed by atoms with Crippen molar-refractivity contribution in [3.05, 3.63) is 65.7 Å². The fraction of sp³-hybridized carbons (Fsp3) is 0. The molecule has 0 saturated heterocycles. The number of hydrogen-bond acceptors (Lipinski definition) is 1. The van der Waals surface area contributed by atoms with Crippen LogP contribution < -0.4 is 5.73 Å². The van der Waals surface area contributed by atoms with Crippen molar-refractivity contribution in [3.63, 3.8) is 0 Å². The predicted molar refractivity (Wildman–Crippen MR) is 78.8 cm³/mol. The average Bonchev–Trinajstić information content (AvgIpc) is 2.41. The normalized spacial score (nSPS) is 10.7. The molecule has 88 valence electrons. The van der Waals surface area contributed by atoms with Gasteiger partial charge in [-0.15, -0.1) is 0 Å². The van der Waals surface area contributed by atoms with Crippen LogP contribution in [-0.4, -0.2) is 0 Å². The van der Waals surface area contributed by atoms with Gasteiger partial charge < -0.3 is 5.73 Å². The third-order valence-corrected chi connectivity index (χ3v) is 3.37. The van der Waals surface area contributed by atoms with Crippen LogP contribution in [-0.2, 0) is 0 Å². The zero-order chi connectivity index (χ0) is 12.5. The van der Waals surface area contributed by atoms with E-state index < -0.39 is 0 Å². The van der Waals surface area contributed by atoms with Crippen molar-refractivity contribution >= 4 is 28.1 Å². The maximum absolute atomic E-state index is 6.01. The van der Waals surface area contributed by atoms with Gasteiger partial charge in [0.05, 0.1) is 0 Å². The Kier molecular flexibility index (Phi) is 2.69. The highest BCUT2D eigenvalue weighted by Crippen LogP contribution is 2.32. The van der Waals surface area contributed by atoms with Crippen LogP contribution >= 0.6 is 11.6 Å². The Balaban J connectivity index is 2.30. The summed E-state index contributed by atoms with van der Waals surface area (Å²) < 4.78 is 0. The Morgan fingerprint density at radius 1 is 0.722 bits per heavy atom. The molecule has 2 N–H and O–H groups in total. The van der Waals surface area contributed by atoms with E-state index in [-0.39, 0.29) is 0 Å². The summed E-state index contributed by atoms with van der Waals surface area (Å²) in [6.07, 6.45) is 0. The smallest absolute Gasteiger partial charge is 0.0406 e. The van der Waals surface area contributed by atoms with Crippen LogP contribution in [0.3, 0.4) is 0 Å². The van der Waals surface area contributed by atoms with Gasteiger partial charge in [-0.25, -0.2) is 0 Å². The molecule has 0 aliphatic rings. The van der Waals surface area contributed by atoms with Gasteiger partial charge in [0.15, 0.2) is 0 Å². The molecule has 3 rings (SSSR count). The second-order valence-electron chi connectivity index (χ2n) is 4.25. The van der Waals surface area contributed by atoms with E-state index in [0.717, 1.165) is 21.7 Å². The maximum atomic E-state index is 6.01. The number of nitrogens with two attached hydrogens (primary N) is 1. The van der Waals surface area contributed by atoms with Crippen LogP contribution in [0.1, 0.15) is 0 Å². The third-order valence-electron chi connectivity index (χ3n) is 3.11. The molecule has 0 heterocycles. The predicted octanol–water partition coefficient (Wildman–Crippen LogP) is 4.74. The number of benzene rings is 3. The van der Waals surface area contributed by atoms with Gasteiger partial charge in [-0.3, -0.25) is 0 Å². The lowest BCUT2D eigenvalue weighted by molar-refractivity contribution is 1.64. The fourth-order valence-corrected chi connectivity index (χ4v) is 2.33. The summed E-state index contributed by atoms with van der Waals surface area (Å²) in [5.41, 5.74) is 9.14. The second-order valence-corrected chi connectivity index (χ2v) is 4.69. The number of rotatable bonds is 1. The molecule has 1 nitrogen and oxygen atoms in total. The lowest BCUT2D eigenvalue weighted by atomic mass is 9.97. The van der Waals surface area contributed by atoms with Crippen molar-refractivity contribution in [2.75, 3.05) is 5.73 Å². The highest BCUT2D eigenvalue weighted by Gasteiger charge is 2.05. The van der Waals surface area contributed by atoms with Gasteiger partial charge in [-0.2, -0.15) is 0 Å². The minimum Gasteiger partial charge on any atom is -0.398 e. The highest BCUT2D eigenvalue weighted by atomic mass is 35.5. The highest BCUT2D eigenvalue weighted by molar-refractivity contribution is 6.30. The Labute approximate surface area is 111 Å². The quantitative estimate of drug-likeness (QED) is 0.623. The van der Waals surface area contributed by atoms with E-state index in [2.05, 4.69) is 12.1 Å². The molecule has 0 radical (unpaired) electrons. The van der Waals surface area contributed by atoms with Crippen LogP contribution in [0, 0.1) is 0 Å². The molecule has 0 atom stereocenters. The fourth-order valence-electron chi connectivity index (χ4n) is 2.20. The SMILES string of the molecule is Nc1ccc(-c2ccc(Cl)cc2)c2ccccc12. The molecular formula is C16H12ClN. The molecule has 0 amide bonds. The number of halogens is 1. The summed E-state index contributed by atoms with van der Waals surface area (Å²) in [7, 11) is 0. The number of hydrogen-bond donors (Lipinski definition) is 1. The van der Waals surface area contributed by atoms with Crippen LogP contribution in [0.15, 0.2) is 60.7 Å². The first kappa shape index (κ1) is 11.1. The standard InChI is InChI=1S/C16H12ClN/c17-12-7-5-11(6-8-12)13-9-10-16(18)15-4-2-1-3-14(13)15/h1-10H,18H2. The van der Waals surface area contributed by atoms with Gasteiger partial charge in [-0.05, 0) is 34.7 Å². The molecule has 0 aliphatic heterocycles. The summed E-state index contributed by atoms with van der Waals surface area (Å²) in [6, 6.07) is 20.0. The van der Waals surface area contributed by atoms with Gasteiger partial charge in [0.2, 0.25) is 0 Å². The van der Waals surface area contributed by atoms with Crippen molar-refractivity contribution in [2.24, 2.45) is 0 Å². The summed E-state index contributed by atoms with van der Waals surface area (Å²) in [5, 5.41) is 3.00. The molecule has 3 aromatic carbocycles. The summed E-state index contributed by atoms with van der Waals surface area (Å²) in [4.78, 5) is 0. The lowest BCUT2D eigenvalue weighted by Gasteiger charge is -2.09. The van der Waals surface area contributed by atoms with E-state index in [1.807, 2.05) is 48.5 Å². The van der Waals surface area contributed by atoms with Crippen LogP contribution in [0.5, 0.6) is 0 Å². The molecule has 3 aromatic rings. The van der Waals surface area contributed by atoms with Gasteiger partial charge in [-0.1, -0.05) is 54.1 Å². The van der Waals surface area contributed by atoms with Crippen molar-refractivity contribution in [1.82, 2.24) is 0 Å². The van der Waals surface area contributed by atoms with Crippen LogP contribution in [0.25, 0.3) is 21.9 Å². The Bertz CT molecular complexity index is 702. The minimum atomic E-state index is 0.749. The molecule has 0 aromatic heterocycles. The van der Waals surface area contributed by atoms with Gasteiger partial charge in [0.25, 0.3) is 0 Å². The van der Waals surface area contributed by atoms with Crippen molar-refractivity contribution in [2.45, 2.75) is 0 Å². The molecule has 0 fully saturated rings. The average molecular weight is 254 g/mol. The Morgan fingerprint density at radius 3 is 2.11 bits per heavy atom. The van der Waals surface area contributed by atoms with E-state index in [9.17, 15) is 0 Å². The first-order valence-electron chi connectivity index (χ1n) is 5.79. The van der Waals surface area contributed by atoms with E-state index in [0.29, 0.717) is 0 Å². The summed E-state index contributed by atoms with van der Waals surface area (Å²) in [5.74, 6) is 0. The van der Waals surface area contributed by atoms with Crippen LogP contribution in [0.2, 0.25) is 5.02 Å². The monoisotopic (exact) mass is 253 g/mol. The number of anilines is 1. The third kappa shape index (κ3) is 1.83. The molecule has 0 aliphatic carbocycles. The summed E-state index contributed by atoms with van der Waals surface area (Å²) >= 11 is 5.92. The zero-order valence-electron chi connectivity index (χ0n) is 9.73. The lowest BCUT2D eigenvalue weighted by Crippen LogP contribution is -1.88. The minimum absolute atomic E-state index is 0.749. The van der Waals surface area contributed by atoms with Gasteiger partial charge in [0, 0.05) is 16.1 Å². The Hall–Kier alpha value is -1.99. The summed E-state index contributed by atoms with van der Waals surface area (Å²) in [6.45, 7) is 0. The van der Waals surface area contributed by atoms with E-state index in [1.165, 1.54) is 10.9 Å². The second kappa shape index (κ2) is 4.35. The number of fused-ring (bicyclic) bond motifs is 1. The van der Waals surface area contributed by atoms with Gasteiger partial charge in [0.1, 0.15) is 0 Å². The van der Waals surface area contributed by atoms with Crippen molar-refractivity contribution < 1.29 is 0 Å². The topological polar surface area (TPSA) is 26.0 Å². The molecule has 0 saturated carbocycles. The van der Waals surface area contributed by atoms with E-state index in [4.69, 9.17) is 17.3 Å². The molecule has 18 heavy (non-hydrogen) atoms. The van der Waals surface area contributed by atoms with Gasteiger partial charge >= 0.3 is 0 Å². The van der Waals surface area contributed by atoms with E-state index in [1.54, 1.807) is 0 Å². The van der Waals surface area contributed by atoms with E-state index >= 15 is 0 Å². The zero-order valence-corrected chi connectivity index (χ0v) is 10.5. The molecule has 0 unspecified atom stereocenters. The molecule has 0 spiro atoms. The van der Waals surface area contributed by atoms with Crippen molar-refractivity contribution in [3.8, 4) is 11.1 Å². The first-order valence-corrected chi connectivity index (χ1v) is 6.17. The first-order chi connectivity index (χ1) is 8.75. The van der Waals surface area contributed by atoms with Crippen LogP contribution in [0.4, 0.5) is 5.69 Å². The largest absolute Gasteiger partial charge is 0.398 e. The Morgan fingerprint density at radius 2 is 1.39 bits per heavy atom. The van der Waals surface area contributed by atoms with Crippen molar-refractivity contribution in [1.29, 1.82) is 0 Å². The number of nitrogen functional groups attached to an aromatic ring is 1.